The van der Waals surface area contributed by atoms with E-state index in [0.717, 1.165) is 28.6 Å². The molecule has 0 aliphatic rings. The number of nitrogens with one attached hydrogen (secondary N) is 2. The van der Waals surface area contributed by atoms with Gasteiger partial charge in [0.2, 0.25) is 5.95 Å². The second kappa shape index (κ2) is 7.40. The predicted octanol–water partition coefficient (Wildman–Crippen LogP) is 4.99. The first-order valence-corrected chi connectivity index (χ1v) is 8.30. The lowest BCUT2D eigenvalue weighted by Gasteiger charge is -2.13. The summed E-state index contributed by atoms with van der Waals surface area (Å²) in [6.07, 6.45) is 0. The molecule has 25 heavy (non-hydrogen) atoms. The van der Waals surface area contributed by atoms with Crippen LogP contribution in [0, 0.1) is 6.92 Å². The average molecular weight is 354 g/mol. The number of nitrogens with zero attached hydrogens (tertiary/aromatic N) is 3. The number of halogens is 1. The number of hydrogen-bond acceptors (Lipinski definition) is 5. The Morgan fingerprint density at radius 2 is 1.44 bits per heavy atom. The Bertz CT molecular complexity index is 845. The molecule has 0 aliphatic carbocycles. The average Bonchev–Trinajstić information content (AvgIpc) is 2.57. The van der Waals surface area contributed by atoms with Crippen LogP contribution < -0.4 is 15.5 Å². The molecule has 6 heteroatoms. The quantitative estimate of drug-likeness (QED) is 0.676. The highest BCUT2D eigenvalue weighted by atomic mass is 35.5. The molecule has 1 heterocycles. The van der Waals surface area contributed by atoms with Crippen molar-refractivity contribution >= 4 is 40.4 Å². The molecule has 0 atom stereocenters. The van der Waals surface area contributed by atoms with Crippen molar-refractivity contribution in [1.82, 2.24) is 9.97 Å². The van der Waals surface area contributed by atoms with Gasteiger partial charge in [-0.3, -0.25) is 0 Å². The molecule has 0 bridgehead atoms. The third kappa shape index (κ3) is 4.61. The van der Waals surface area contributed by atoms with Gasteiger partial charge in [-0.2, -0.15) is 4.98 Å². The van der Waals surface area contributed by atoms with Crippen LogP contribution in [0.4, 0.5) is 28.8 Å². The van der Waals surface area contributed by atoms with E-state index in [9.17, 15) is 0 Å². The SMILES string of the molecule is Cc1cc(Nc2ccc(Cl)cc2)nc(Nc2ccc(N(C)C)cc2)n1. The van der Waals surface area contributed by atoms with Gasteiger partial charge in [-0.25, -0.2) is 4.98 Å². The topological polar surface area (TPSA) is 53.1 Å². The number of anilines is 5. The fraction of sp³-hybridized carbons (Fsp3) is 0.158. The molecule has 0 spiro atoms. The zero-order valence-electron chi connectivity index (χ0n) is 14.4. The van der Waals surface area contributed by atoms with E-state index in [1.54, 1.807) is 0 Å². The van der Waals surface area contributed by atoms with Crippen LogP contribution in [0.2, 0.25) is 5.02 Å². The van der Waals surface area contributed by atoms with Gasteiger partial charge >= 0.3 is 0 Å². The molecule has 1 aromatic heterocycles. The minimum Gasteiger partial charge on any atom is -0.378 e. The highest BCUT2D eigenvalue weighted by Gasteiger charge is 2.04. The Hall–Kier alpha value is -2.79. The summed E-state index contributed by atoms with van der Waals surface area (Å²) in [7, 11) is 4.03. The molecule has 0 fully saturated rings. The molecule has 0 amide bonds. The van der Waals surface area contributed by atoms with E-state index in [1.807, 2.05) is 75.6 Å². The second-order valence-corrected chi connectivity index (χ2v) is 6.35. The molecule has 3 aromatic rings. The Kier molecular flexibility index (Phi) is 5.05. The standard InChI is InChI=1S/C19H20ClN5/c1-13-12-18(22-15-6-4-14(20)5-7-15)24-19(21-13)23-16-8-10-17(11-9-16)25(2)3/h4-12H,1-3H3,(H2,21,22,23,24). The van der Waals surface area contributed by atoms with Crippen LogP contribution in [0.3, 0.4) is 0 Å². The van der Waals surface area contributed by atoms with E-state index in [0.29, 0.717) is 11.0 Å². The normalized spacial score (nSPS) is 10.4. The number of hydrogen-bond donors (Lipinski definition) is 2. The summed E-state index contributed by atoms with van der Waals surface area (Å²) in [5.41, 5.74) is 3.87. The number of aryl methyl sites for hydroxylation is 1. The molecule has 0 unspecified atom stereocenters. The summed E-state index contributed by atoms with van der Waals surface area (Å²) in [5.74, 6) is 1.27. The molecule has 3 rings (SSSR count). The van der Waals surface area contributed by atoms with Crippen molar-refractivity contribution in [3.05, 3.63) is 65.3 Å². The van der Waals surface area contributed by atoms with Gasteiger partial charge in [0.25, 0.3) is 0 Å². The first-order chi connectivity index (χ1) is 12.0. The molecule has 128 valence electrons. The minimum atomic E-state index is 0.550. The van der Waals surface area contributed by atoms with Gasteiger partial charge < -0.3 is 15.5 Å². The zero-order chi connectivity index (χ0) is 17.8. The third-order valence-electron chi connectivity index (χ3n) is 3.61. The molecule has 0 aliphatic heterocycles. The van der Waals surface area contributed by atoms with Gasteiger partial charge in [0, 0.05) is 47.9 Å². The summed E-state index contributed by atoms with van der Waals surface area (Å²) in [6, 6.07) is 17.5. The lowest BCUT2D eigenvalue weighted by Crippen LogP contribution is -2.08. The lowest BCUT2D eigenvalue weighted by atomic mass is 10.2. The van der Waals surface area contributed by atoms with Crippen molar-refractivity contribution in [3.8, 4) is 0 Å². The van der Waals surface area contributed by atoms with E-state index in [1.165, 1.54) is 0 Å². The van der Waals surface area contributed by atoms with Crippen molar-refractivity contribution in [3.63, 3.8) is 0 Å². The zero-order valence-corrected chi connectivity index (χ0v) is 15.2. The van der Waals surface area contributed by atoms with Crippen LogP contribution in [0.25, 0.3) is 0 Å². The largest absolute Gasteiger partial charge is 0.378 e. The summed E-state index contributed by atoms with van der Waals surface area (Å²) in [6.45, 7) is 1.94. The maximum Gasteiger partial charge on any atom is 0.229 e. The first kappa shape index (κ1) is 17.0. The highest BCUT2D eigenvalue weighted by molar-refractivity contribution is 6.30. The molecular weight excluding hydrogens is 334 g/mol. The van der Waals surface area contributed by atoms with Crippen LogP contribution in [-0.2, 0) is 0 Å². The fourth-order valence-electron chi connectivity index (χ4n) is 2.34. The highest BCUT2D eigenvalue weighted by Crippen LogP contribution is 2.22. The molecule has 2 N–H and O–H groups in total. The van der Waals surface area contributed by atoms with Crippen molar-refractivity contribution < 1.29 is 0 Å². The Morgan fingerprint density at radius 3 is 2.08 bits per heavy atom. The number of rotatable bonds is 5. The smallest absolute Gasteiger partial charge is 0.229 e. The van der Waals surface area contributed by atoms with Crippen molar-refractivity contribution in [2.24, 2.45) is 0 Å². The molecular formula is C19H20ClN5. The molecule has 0 saturated heterocycles. The third-order valence-corrected chi connectivity index (χ3v) is 3.86. The van der Waals surface area contributed by atoms with Crippen LogP contribution >= 0.6 is 11.6 Å². The van der Waals surface area contributed by atoms with Crippen LogP contribution in [0.1, 0.15) is 5.69 Å². The van der Waals surface area contributed by atoms with Gasteiger partial charge in [0.1, 0.15) is 5.82 Å². The van der Waals surface area contributed by atoms with Crippen LogP contribution in [-0.4, -0.2) is 24.1 Å². The monoisotopic (exact) mass is 353 g/mol. The van der Waals surface area contributed by atoms with E-state index >= 15 is 0 Å². The second-order valence-electron chi connectivity index (χ2n) is 5.92. The maximum absolute atomic E-state index is 5.92. The molecule has 0 radical (unpaired) electrons. The molecule has 2 aromatic carbocycles. The van der Waals surface area contributed by atoms with Gasteiger partial charge in [-0.05, 0) is 55.5 Å². The van der Waals surface area contributed by atoms with E-state index < -0.39 is 0 Å². The van der Waals surface area contributed by atoms with Crippen molar-refractivity contribution in [1.29, 1.82) is 0 Å². The summed E-state index contributed by atoms with van der Waals surface area (Å²) >= 11 is 5.92. The van der Waals surface area contributed by atoms with E-state index in [-0.39, 0.29) is 0 Å². The van der Waals surface area contributed by atoms with E-state index in [4.69, 9.17) is 11.6 Å². The minimum absolute atomic E-state index is 0.550. The van der Waals surface area contributed by atoms with Gasteiger partial charge in [0.15, 0.2) is 0 Å². The summed E-state index contributed by atoms with van der Waals surface area (Å²) < 4.78 is 0. The first-order valence-electron chi connectivity index (χ1n) is 7.92. The summed E-state index contributed by atoms with van der Waals surface area (Å²) in [5, 5.41) is 7.21. The fourth-order valence-corrected chi connectivity index (χ4v) is 2.47. The van der Waals surface area contributed by atoms with Gasteiger partial charge in [0.05, 0.1) is 0 Å². The number of aromatic nitrogens is 2. The van der Waals surface area contributed by atoms with Crippen LogP contribution in [0.15, 0.2) is 54.6 Å². The Balaban J connectivity index is 1.77. The Labute approximate surface area is 152 Å². The van der Waals surface area contributed by atoms with Crippen molar-refractivity contribution in [2.75, 3.05) is 29.6 Å². The van der Waals surface area contributed by atoms with Crippen LogP contribution in [0.5, 0.6) is 0 Å². The maximum atomic E-state index is 5.92. The predicted molar refractivity (Wildman–Crippen MR) is 106 cm³/mol. The number of benzene rings is 2. The van der Waals surface area contributed by atoms with Crippen molar-refractivity contribution in [2.45, 2.75) is 6.92 Å². The van der Waals surface area contributed by atoms with Gasteiger partial charge in [-0.1, -0.05) is 11.6 Å². The Morgan fingerprint density at radius 1 is 0.840 bits per heavy atom. The lowest BCUT2D eigenvalue weighted by molar-refractivity contribution is 1.11. The van der Waals surface area contributed by atoms with E-state index in [2.05, 4.69) is 25.5 Å². The van der Waals surface area contributed by atoms with Gasteiger partial charge in [-0.15, -0.1) is 0 Å². The summed E-state index contributed by atoms with van der Waals surface area (Å²) in [4.78, 5) is 11.0. The molecule has 5 nitrogen and oxygen atoms in total. The molecule has 0 saturated carbocycles.